The summed E-state index contributed by atoms with van der Waals surface area (Å²) in [5.74, 6) is 0.949. The molecule has 0 rings (SSSR count). The van der Waals surface area contributed by atoms with Gasteiger partial charge < -0.3 is 0 Å². The summed E-state index contributed by atoms with van der Waals surface area (Å²) >= 11 is 0. The first-order valence-corrected chi connectivity index (χ1v) is 5.72. The molecule has 0 aliphatic carbocycles. The van der Waals surface area contributed by atoms with Crippen molar-refractivity contribution in [2.24, 2.45) is 5.92 Å². The van der Waals surface area contributed by atoms with Gasteiger partial charge in [-0.25, -0.2) is 0 Å². The summed E-state index contributed by atoms with van der Waals surface area (Å²) in [5, 5.41) is 0. The highest BCUT2D eigenvalue weighted by molar-refractivity contribution is 4.45. The second kappa shape index (κ2) is 36.3. The van der Waals surface area contributed by atoms with Crippen LogP contribution in [0.3, 0.4) is 0 Å². The van der Waals surface area contributed by atoms with Crippen LogP contribution in [0, 0.1) is 5.92 Å². The maximum absolute atomic E-state index is 2.31. The zero-order valence-electron chi connectivity index (χ0n) is 9.82. The maximum atomic E-state index is 2.31. The molecule has 0 saturated heterocycles. The summed E-state index contributed by atoms with van der Waals surface area (Å²) in [4.78, 5) is 0. The predicted octanol–water partition coefficient (Wildman–Crippen LogP) is 7.57. The zero-order valence-corrected chi connectivity index (χ0v) is 9.82. The number of hydrogen-bond acceptors (Lipinski definition) is 0. The molecule has 1 atom stereocenters. The third kappa shape index (κ3) is 48.3. The van der Waals surface area contributed by atoms with Gasteiger partial charge in [0.1, 0.15) is 0 Å². The summed E-state index contributed by atoms with van der Waals surface area (Å²) in [5.41, 5.74) is 0. The molecule has 108 valence electrons. The minimum absolute atomic E-state index is 0. The maximum Gasteiger partial charge on any atom is -0.0446 e. The Morgan fingerprint density at radius 1 is 0.688 bits per heavy atom. The van der Waals surface area contributed by atoms with Crippen LogP contribution in [0.15, 0.2) is 0 Å². The molecule has 0 nitrogen and oxygen atoms in total. The Bertz CT molecular complexity index is 55.1. The van der Waals surface area contributed by atoms with Gasteiger partial charge in [-0.1, -0.05) is 103 Å². The normalized spacial score (nSPS) is 8.81. The minimum atomic E-state index is 0. The largest absolute Gasteiger partial charge is 0.0776 e. The van der Waals surface area contributed by atoms with Gasteiger partial charge >= 0.3 is 0 Å². The quantitative estimate of drug-likeness (QED) is 0.461. The van der Waals surface area contributed by atoms with Crippen molar-refractivity contribution in [1.29, 1.82) is 0 Å². The Hall–Kier alpha value is 0. The third-order valence-electron chi connectivity index (χ3n) is 2.19. The van der Waals surface area contributed by atoms with Gasteiger partial charge in [-0.05, 0) is 5.92 Å². The first-order valence-electron chi connectivity index (χ1n) is 5.72. The molecule has 0 N–H and O–H groups in total. The minimum Gasteiger partial charge on any atom is -0.0776 e. The smallest absolute Gasteiger partial charge is 0.0446 e. The Morgan fingerprint density at radius 3 is 1.12 bits per heavy atom. The van der Waals surface area contributed by atoms with E-state index in [0.29, 0.717) is 0 Å². The third-order valence-corrected chi connectivity index (χ3v) is 2.19. The first kappa shape index (κ1) is 36.0. The monoisotopic (exact) mass is 236 g/mol. The lowest BCUT2D eigenvalue weighted by Crippen LogP contribution is -1.88. The fraction of sp³-hybridized carbons (Fsp3) is 1.00. The highest BCUT2D eigenvalue weighted by atomic mass is 14.0. The average molecular weight is 237 g/mol. The number of hydrogen-bond donors (Lipinski definition) is 0. The van der Waals surface area contributed by atoms with Crippen molar-refractivity contribution < 1.29 is 0 Å². The van der Waals surface area contributed by atoms with Gasteiger partial charge in [0, 0.05) is 0 Å². The van der Waals surface area contributed by atoms with Gasteiger partial charge in [-0.3, -0.25) is 0 Å². The fourth-order valence-electron chi connectivity index (χ4n) is 1.05. The zero-order chi connectivity index (χ0) is 9.82. The SMILES string of the molecule is C.C.C.C.CCCC(C)CC.CCCCC. The Morgan fingerprint density at radius 2 is 1.06 bits per heavy atom. The van der Waals surface area contributed by atoms with E-state index in [-0.39, 0.29) is 29.7 Å². The molecule has 0 amide bonds. The van der Waals surface area contributed by atoms with Crippen molar-refractivity contribution in [3.63, 3.8) is 0 Å². The summed E-state index contributed by atoms with van der Waals surface area (Å²) < 4.78 is 0. The fourth-order valence-corrected chi connectivity index (χ4v) is 1.05. The molecule has 0 radical (unpaired) electrons. The molecule has 0 saturated carbocycles. The molecular weight excluding hydrogens is 192 g/mol. The van der Waals surface area contributed by atoms with Crippen LogP contribution in [-0.4, -0.2) is 0 Å². The van der Waals surface area contributed by atoms with Gasteiger partial charge in [0.25, 0.3) is 0 Å². The van der Waals surface area contributed by atoms with Crippen LogP contribution in [0.5, 0.6) is 0 Å². The molecule has 0 aromatic rings. The van der Waals surface area contributed by atoms with Crippen molar-refractivity contribution in [2.45, 2.75) is 103 Å². The van der Waals surface area contributed by atoms with Crippen LogP contribution in [0.25, 0.3) is 0 Å². The van der Waals surface area contributed by atoms with Crippen molar-refractivity contribution >= 4 is 0 Å². The molecule has 0 aliphatic heterocycles. The molecule has 16 heavy (non-hydrogen) atoms. The predicted molar refractivity (Wildman–Crippen MR) is 86.5 cm³/mol. The molecule has 0 fully saturated rings. The van der Waals surface area contributed by atoms with E-state index in [9.17, 15) is 0 Å². The Kier molecular flexibility index (Phi) is 81.7. The molecule has 0 aromatic heterocycles. The van der Waals surface area contributed by atoms with E-state index >= 15 is 0 Å². The highest BCUT2D eigenvalue weighted by Crippen LogP contribution is 2.07. The van der Waals surface area contributed by atoms with Gasteiger partial charge in [0.15, 0.2) is 0 Å². The lowest BCUT2D eigenvalue weighted by atomic mass is 10.0. The van der Waals surface area contributed by atoms with E-state index in [0.717, 1.165) is 5.92 Å². The lowest BCUT2D eigenvalue weighted by molar-refractivity contribution is 0.509. The number of unbranched alkanes of at least 4 members (excludes halogenated alkanes) is 2. The number of rotatable bonds is 5. The summed E-state index contributed by atoms with van der Waals surface area (Å²) in [6, 6.07) is 0. The molecular formula is C16H44. The van der Waals surface area contributed by atoms with Crippen LogP contribution >= 0.6 is 0 Å². The van der Waals surface area contributed by atoms with Gasteiger partial charge in [-0.2, -0.15) is 0 Å². The average Bonchev–Trinajstić information content (AvgIpc) is 2.07. The van der Waals surface area contributed by atoms with Gasteiger partial charge in [0.2, 0.25) is 0 Å². The van der Waals surface area contributed by atoms with Gasteiger partial charge in [0.05, 0.1) is 0 Å². The van der Waals surface area contributed by atoms with E-state index in [4.69, 9.17) is 0 Å². The van der Waals surface area contributed by atoms with Crippen molar-refractivity contribution in [1.82, 2.24) is 0 Å². The van der Waals surface area contributed by atoms with Gasteiger partial charge in [-0.15, -0.1) is 0 Å². The molecule has 0 bridgehead atoms. The van der Waals surface area contributed by atoms with E-state index < -0.39 is 0 Å². The summed E-state index contributed by atoms with van der Waals surface area (Å²) in [7, 11) is 0. The Labute approximate surface area is 109 Å². The van der Waals surface area contributed by atoms with Crippen LogP contribution in [0.4, 0.5) is 0 Å². The van der Waals surface area contributed by atoms with Crippen LogP contribution in [0.1, 0.15) is 103 Å². The summed E-state index contributed by atoms with van der Waals surface area (Å²) in [6.07, 6.45) is 8.16. The first-order chi connectivity index (χ1) is 5.72. The second-order valence-corrected chi connectivity index (χ2v) is 3.66. The van der Waals surface area contributed by atoms with E-state index in [1.807, 2.05) is 0 Å². The molecule has 1 unspecified atom stereocenters. The molecule has 0 heterocycles. The molecule has 0 aliphatic rings. The van der Waals surface area contributed by atoms with Crippen molar-refractivity contribution in [3.8, 4) is 0 Å². The molecule has 0 aromatic carbocycles. The topological polar surface area (TPSA) is 0 Å². The Balaban J connectivity index is -0.0000000258. The highest BCUT2D eigenvalue weighted by Gasteiger charge is 1.92. The van der Waals surface area contributed by atoms with Crippen molar-refractivity contribution in [3.05, 3.63) is 0 Å². The molecule has 0 spiro atoms. The second-order valence-electron chi connectivity index (χ2n) is 3.66. The van der Waals surface area contributed by atoms with E-state index in [1.54, 1.807) is 0 Å². The van der Waals surface area contributed by atoms with Crippen LogP contribution in [-0.2, 0) is 0 Å². The van der Waals surface area contributed by atoms with Crippen molar-refractivity contribution in [2.75, 3.05) is 0 Å². The van der Waals surface area contributed by atoms with E-state index in [2.05, 4.69) is 34.6 Å². The van der Waals surface area contributed by atoms with Crippen LogP contribution in [0.2, 0.25) is 0 Å². The van der Waals surface area contributed by atoms with E-state index in [1.165, 1.54) is 38.5 Å². The summed E-state index contributed by atoms with van der Waals surface area (Å²) in [6.45, 7) is 11.2. The standard InChI is InChI=1S/C7H16.C5H12.4CH4/c1-4-6-7(3)5-2;1-3-5-4-2;;;;/h7H,4-6H2,1-3H3;3-5H2,1-2H3;4*1H4. The molecule has 0 heteroatoms. The lowest BCUT2D eigenvalue weighted by Gasteiger charge is -2.02. The van der Waals surface area contributed by atoms with Crippen LogP contribution < -0.4 is 0 Å².